The maximum Gasteiger partial charge on any atom is 0.0951 e. The third-order valence-electron chi connectivity index (χ3n) is 5.63. The minimum absolute atomic E-state index is 0.280. The summed E-state index contributed by atoms with van der Waals surface area (Å²) in [6.07, 6.45) is 8.18. The summed E-state index contributed by atoms with van der Waals surface area (Å²) in [5.41, 5.74) is 1.74. The SMILES string of the molecule is CC1(c2cncn2C2CN3CCC2CC3)CCNC1. The summed E-state index contributed by atoms with van der Waals surface area (Å²) in [6, 6.07) is 0.664. The molecule has 4 fully saturated rings. The van der Waals surface area contributed by atoms with Gasteiger partial charge in [0.25, 0.3) is 0 Å². The van der Waals surface area contributed by atoms with E-state index in [1.165, 1.54) is 44.6 Å². The third kappa shape index (κ3) is 1.84. The molecule has 0 radical (unpaired) electrons. The van der Waals surface area contributed by atoms with Crippen molar-refractivity contribution in [3.63, 3.8) is 0 Å². The molecule has 5 heterocycles. The van der Waals surface area contributed by atoms with Crippen LogP contribution in [0.5, 0.6) is 0 Å². The Hall–Kier alpha value is -0.870. The molecule has 0 saturated carbocycles. The Labute approximate surface area is 115 Å². The van der Waals surface area contributed by atoms with Crippen molar-refractivity contribution in [1.29, 1.82) is 0 Å². The van der Waals surface area contributed by atoms with E-state index in [2.05, 4.69) is 39.2 Å². The molecule has 2 bridgehead atoms. The zero-order valence-electron chi connectivity index (χ0n) is 11.8. The van der Waals surface area contributed by atoms with E-state index in [9.17, 15) is 0 Å². The second-order valence-electron chi connectivity index (χ2n) is 6.88. The number of piperidine rings is 3. The zero-order valence-corrected chi connectivity index (χ0v) is 11.8. The fraction of sp³-hybridized carbons (Fsp3) is 0.800. The summed E-state index contributed by atoms with van der Waals surface area (Å²) in [4.78, 5) is 7.12. The highest BCUT2D eigenvalue weighted by Crippen LogP contribution is 2.39. The van der Waals surface area contributed by atoms with Crippen molar-refractivity contribution in [3.05, 3.63) is 18.2 Å². The Kier molecular flexibility index (Phi) is 2.71. The van der Waals surface area contributed by atoms with Crippen LogP contribution in [0.1, 0.15) is 37.9 Å². The molecule has 4 heteroatoms. The molecule has 4 saturated heterocycles. The molecule has 19 heavy (non-hydrogen) atoms. The maximum absolute atomic E-state index is 4.49. The second-order valence-corrected chi connectivity index (χ2v) is 6.88. The average Bonchev–Trinajstić information content (AvgIpc) is 3.09. The van der Waals surface area contributed by atoms with Crippen LogP contribution in [0.15, 0.2) is 12.5 Å². The first-order valence-electron chi connectivity index (χ1n) is 7.72. The highest BCUT2D eigenvalue weighted by atomic mass is 15.2. The van der Waals surface area contributed by atoms with Crippen LogP contribution in [0.2, 0.25) is 0 Å². The van der Waals surface area contributed by atoms with Crippen molar-refractivity contribution in [3.8, 4) is 0 Å². The van der Waals surface area contributed by atoms with Crippen molar-refractivity contribution >= 4 is 0 Å². The van der Waals surface area contributed by atoms with Gasteiger partial charge in [0.1, 0.15) is 0 Å². The first-order chi connectivity index (χ1) is 9.26. The van der Waals surface area contributed by atoms with Gasteiger partial charge in [0.05, 0.1) is 12.4 Å². The first-order valence-corrected chi connectivity index (χ1v) is 7.72. The molecule has 5 rings (SSSR count). The van der Waals surface area contributed by atoms with Gasteiger partial charge in [-0.2, -0.15) is 0 Å². The summed E-state index contributed by atoms with van der Waals surface area (Å²) in [5, 5.41) is 3.51. The molecule has 0 spiro atoms. The number of hydrogen-bond acceptors (Lipinski definition) is 3. The van der Waals surface area contributed by atoms with E-state index in [0.29, 0.717) is 6.04 Å². The molecule has 4 nitrogen and oxygen atoms in total. The fourth-order valence-electron chi connectivity index (χ4n) is 4.32. The molecule has 1 aromatic heterocycles. The smallest absolute Gasteiger partial charge is 0.0951 e. The second kappa shape index (κ2) is 4.32. The lowest BCUT2D eigenvalue weighted by Crippen LogP contribution is -2.48. The minimum atomic E-state index is 0.280. The number of aromatic nitrogens is 2. The lowest BCUT2D eigenvalue weighted by Gasteiger charge is -2.46. The van der Waals surface area contributed by atoms with E-state index in [1.807, 2.05) is 0 Å². The fourth-order valence-corrected chi connectivity index (χ4v) is 4.32. The topological polar surface area (TPSA) is 33.1 Å². The summed E-state index contributed by atoms with van der Waals surface area (Å²) >= 11 is 0. The van der Waals surface area contributed by atoms with E-state index in [-0.39, 0.29) is 5.41 Å². The van der Waals surface area contributed by atoms with Crippen molar-refractivity contribution in [2.75, 3.05) is 32.7 Å². The van der Waals surface area contributed by atoms with Crippen LogP contribution in [0.3, 0.4) is 0 Å². The summed E-state index contributed by atoms with van der Waals surface area (Å²) in [5.74, 6) is 0.871. The van der Waals surface area contributed by atoms with E-state index in [4.69, 9.17) is 0 Å². The van der Waals surface area contributed by atoms with Gasteiger partial charge in [0.15, 0.2) is 0 Å². The Balaban J connectivity index is 1.67. The Morgan fingerprint density at radius 2 is 2.21 bits per heavy atom. The van der Waals surface area contributed by atoms with Gasteiger partial charge in [-0.3, -0.25) is 0 Å². The summed E-state index contributed by atoms with van der Waals surface area (Å²) < 4.78 is 2.52. The highest BCUT2D eigenvalue weighted by molar-refractivity contribution is 5.19. The molecule has 2 atom stereocenters. The number of fused-ring (bicyclic) bond motifs is 3. The van der Waals surface area contributed by atoms with Gasteiger partial charge < -0.3 is 14.8 Å². The predicted octanol–water partition coefficient (Wildman–Crippen LogP) is 1.40. The molecule has 1 aromatic rings. The van der Waals surface area contributed by atoms with Crippen LogP contribution in [0.25, 0.3) is 0 Å². The molecule has 0 aliphatic carbocycles. The average molecular weight is 260 g/mol. The lowest BCUT2D eigenvalue weighted by atomic mass is 9.81. The largest absolute Gasteiger partial charge is 0.329 e. The van der Waals surface area contributed by atoms with Gasteiger partial charge in [0, 0.05) is 30.4 Å². The van der Waals surface area contributed by atoms with Crippen LogP contribution >= 0.6 is 0 Å². The molecule has 4 aliphatic rings. The lowest BCUT2D eigenvalue weighted by molar-refractivity contribution is 0.0544. The van der Waals surface area contributed by atoms with Gasteiger partial charge in [-0.1, -0.05) is 6.92 Å². The molecule has 4 aliphatic heterocycles. The maximum atomic E-state index is 4.49. The van der Waals surface area contributed by atoms with Crippen molar-refractivity contribution in [2.45, 2.75) is 37.6 Å². The molecular weight excluding hydrogens is 236 g/mol. The number of nitrogens with one attached hydrogen (secondary N) is 1. The monoisotopic (exact) mass is 260 g/mol. The molecule has 0 aromatic carbocycles. The van der Waals surface area contributed by atoms with Gasteiger partial charge in [0.2, 0.25) is 0 Å². The molecule has 104 valence electrons. The molecule has 0 amide bonds. The number of imidazole rings is 1. The standard InChI is InChI=1S/C15H24N4/c1-15(4-5-16-10-15)14-8-17-11-19(14)13-9-18-6-2-12(13)3-7-18/h8,11-13,16H,2-7,9-10H2,1H3. The highest BCUT2D eigenvalue weighted by Gasteiger charge is 2.39. The molecule has 2 unspecified atom stereocenters. The van der Waals surface area contributed by atoms with E-state index in [0.717, 1.165) is 19.0 Å². The van der Waals surface area contributed by atoms with E-state index < -0.39 is 0 Å². The number of hydrogen-bond donors (Lipinski definition) is 1. The molecule has 1 N–H and O–H groups in total. The van der Waals surface area contributed by atoms with Crippen LogP contribution in [0.4, 0.5) is 0 Å². The predicted molar refractivity (Wildman–Crippen MR) is 75.3 cm³/mol. The Bertz CT molecular complexity index is 452. The van der Waals surface area contributed by atoms with Crippen molar-refractivity contribution in [1.82, 2.24) is 19.8 Å². The quantitative estimate of drug-likeness (QED) is 0.872. The third-order valence-corrected chi connectivity index (χ3v) is 5.63. The van der Waals surface area contributed by atoms with Gasteiger partial charge >= 0.3 is 0 Å². The summed E-state index contributed by atoms with van der Waals surface area (Å²) in [6.45, 7) is 8.48. The number of nitrogens with zero attached hydrogens (tertiary/aromatic N) is 3. The van der Waals surface area contributed by atoms with Crippen LogP contribution in [-0.2, 0) is 5.41 Å². The van der Waals surface area contributed by atoms with Crippen molar-refractivity contribution < 1.29 is 0 Å². The molecular formula is C15H24N4. The normalized spacial score (nSPS) is 41.8. The number of rotatable bonds is 2. The van der Waals surface area contributed by atoms with Crippen molar-refractivity contribution in [2.24, 2.45) is 5.92 Å². The Morgan fingerprint density at radius 3 is 2.84 bits per heavy atom. The summed E-state index contributed by atoms with van der Waals surface area (Å²) in [7, 11) is 0. The van der Waals surface area contributed by atoms with Gasteiger partial charge in [-0.25, -0.2) is 4.98 Å². The van der Waals surface area contributed by atoms with E-state index >= 15 is 0 Å². The van der Waals surface area contributed by atoms with Crippen LogP contribution < -0.4 is 5.32 Å². The minimum Gasteiger partial charge on any atom is -0.329 e. The van der Waals surface area contributed by atoms with E-state index in [1.54, 1.807) is 0 Å². The Morgan fingerprint density at radius 1 is 1.37 bits per heavy atom. The van der Waals surface area contributed by atoms with Gasteiger partial charge in [-0.15, -0.1) is 0 Å². The van der Waals surface area contributed by atoms with Crippen LogP contribution in [-0.4, -0.2) is 47.2 Å². The van der Waals surface area contributed by atoms with Crippen LogP contribution in [0, 0.1) is 5.92 Å². The van der Waals surface area contributed by atoms with Gasteiger partial charge in [-0.05, 0) is 44.8 Å². The first kappa shape index (κ1) is 11.9. The zero-order chi connectivity index (χ0) is 12.9.